The van der Waals surface area contributed by atoms with E-state index in [-0.39, 0.29) is 12.2 Å². The Balaban J connectivity index is 2.78. The molecule has 4 atom stereocenters. The van der Waals surface area contributed by atoms with Gasteiger partial charge in [0.25, 0.3) is 0 Å². The lowest BCUT2D eigenvalue weighted by Gasteiger charge is -2.22. The number of phenols is 1. The quantitative estimate of drug-likeness (QED) is 0.130. The number of nitrogens with one attached hydrogen (secondary N) is 3. The average molecular weight is 457 g/mol. The molecule has 0 radical (unpaired) electrons. The first-order valence-corrected chi connectivity index (χ1v) is 9.50. The number of ketones is 1. The maximum absolute atomic E-state index is 12.5. The van der Waals surface area contributed by atoms with Crippen molar-refractivity contribution in [3.63, 3.8) is 0 Å². The molecule has 0 unspecified atom stereocenters. The Labute approximate surface area is 182 Å². The lowest BCUT2D eigenvalue weighted by molar-refractivity contribution is -0.139. The molecular formula is C19H27N3O10. The third-order valence-electron chi connectivity index (χ3n) is 4.31. The van der Waals surface area contributed by atoms with E-state index in [4.69, 9.17) is 10.2 Å². The molecule has 1 aromatic rings. The minimum absolute atomic E-state index is 0.00691. The van der Waals surface area contributed by atoms with Crippen LogP contribution in [0, 0.1) is 0 Å². The van der Waals surface area contributed by atoms with Gasteiger partial charge in [0.05, 0.1) is 25.7 Å². The summed E-state index contributed by atoms with van der Waals surface area (Å²) in [5, 5.41) is 62.4. The van der Waals surface area contributed by atoms with E-state index >= 15 is 0 Å². The number of Topliss-reactive ketones (excluding diaryl/α,β-unsaturated/α-hetero) is 1. The topological polar surface area (TPSA) is 226 Å². The first-order valence-electron chi connectivity index (χ1n) is 9.50. The summed E-state index contributed by atoms with van der Waals surface area (Å²) < 4.78 is 0. The van der Waals surface area contributed by atoms with E-state index in [1.165, 1.54) is 24.3 Å². The molecule has 0 saturated heterocycles. The zero-order chi connectivity index (χ0) is 24.3. The Bertz CT molecular complexity index is 786. The van der Waals surface area contributed by atoms with Crippen LogP contribution in [0.3, 0.4) is 0 Å². The largest absolute Gasteiger partial charge is 0.508 e. The third-order valence-corrected chi connectivity index (χ3v) is 4.31. The van der Waals surface area contributed by atoms with E-state index < -0.39 is 74.2 Å². The molecular weight excluding hydrogens is 430 g/mol. The lowest BCUT2D eigenvalue weighted by Crippen LogP contribution is -2.52. The fourth-order valence-corrected chi connectivity index (χ4v) is 2.49. The van der Waals surface area contributed by atoms with Crippen LogP contribution in [0.4, 0.5) is 0 Å². The highest BCUT2D eigenvalue weighted by Gasteiger charge is 2.30. The minimum Gasteiger partial charge on any atom is -0.508 e. The van der Waals surface area contributed by atoms with Crippen molar-refractivity contribution in [3.05, 3.63) is 29.8 Å². The van der Waals surface area contributed by atoms with Crippen LogP contribution >= 0.6 is 0 Å². The molecule has 0 fully saturated rings. The van der Waals surface area contributed by atoms with Crippen molar-refractivity contribution in [3.8, 4) is 5.75 Å². The molecule has 178 valence electrons. The van der Waals surface area contributed by atoms with E-state index in [0.29, 0.717) is 5.56 Å². The van der Waals surface area contributed by atoms with Crippen molar-refractivity contribution in [2.45, 2.75) is 30.8 Å². The summed E-state index contributed by atoms with van der Waals surface area (Å²) in [5.41, 5.74) is 0.578. The van der Waals surface area contributed by atoms with E-state index in [1.54, 1.807) is 0 Å². The number of aliphatic hydroxyl groups excluding tert-OH is 4. The number of phenolic OH excluding ortho intramolecular Hbond substituents is 1. The Morgan fingerprint density at radius 1 is 0.906 bits per heavy atom. The summed E-state index contributed by atoms with van der Waals surface area (Å²) in [7, 11) is 0. The summed E-state index contributed by atoms with van der Waals surface area (Å²) in [5.74, 6) is -3.71. The number of hydrogen-bond donors (Lipinski definition) is 9. The normalized spacial score (nSPS) is 14.6. The zero-order valence-electron chi connectivity index (χ0n) is 17.0. The maximum atomic E-state index is 12.5. The van der Waals surface area contributed by atoms with Crippen LogP contribution in [0.5, 0.6) is 5.75 Å². The second-order valence-corrected chi connectivity index (χ2v) is 6.84. The number of carboxylic acids is 1. The minimum atomic E-state index is -2.02. The van der Waals surface area contributed by atoms with Gasteiger partial charge in [0.15, 0.2) is 5.78 Å². The van der Waals surface area contributed by atoms with Crippen LogP contribution < -0.4 is 16.0 Å². The molecule has 13 nitrogen and oxygen atoms in total. The second kappa shape index (κ2) is 13.3. The van der Waals surface area contributed by atoms with Gasteiger partial charge in [-0.3, -0.25) is 24.5 Å². The van der Waals surface area contributed by atoms with Gasteiger partial charge < -0.3 is 41.3 Å². The highest BCUT2D eigenvalue weighted by molar-refractivity contribution is 5.90. The van der Waals surface area contributed by atoms with Gasteiger partial charge in [0, 0.05) is 0 Å². The lowest BCUT2D eigenvalue weighted by atomic mass is 10.0. The smallest absolute Gasteiger partial charge is 0.322 e. The standard InChI is InChI=1S/C19H27N3O10/c23-9-14(26)18(31)17(30)13(25)6-20-12(5-10-1-3-11(24)4-2-10)19(32)22-7-15(27)21-8-16(28)29/h1-4,12,14,17-18,20,23-24,26,30-31H,5-9H2,(H,21,27)(H,22,32)(H,28,29)/t12-,14+,17+,18+/m0/s1. The maximum Gasteiger partial charge on any atom is 0.322 e. The van der Waals surface area contributed by atoms with Crippen LogP contribution in [0.25, 0.3) is 0 Å². The number of rotatable bonds is 14. The highest BCUT2D eigenvalue weighted by atomic mass is 16.4. The number of hydrogen-bond acceptors (Lipinski definition) is 10. The number of benzene rings is 1. The molecule has 0 aliphatic rings. The molecule has 0 aliphatic carbocycles. The Kier molecular flexibility index (Phi) is 11.2. The average Bonchev–Trinajstić information content (AvgIpc) is 2.78. The summed E-state index contributed by atoms with van der Waals surface area (Å²) in [6.07, 6.45) is -5.69. The van der Waals surface area contributed by atoms with E-state index in [9.17, 15) is 39.6 Å². The van der Waals surface area contributed by atoms with Gasteiger partial charge in [-0.2, -0.15) is 0 Å². The molecule has 32 heavy (non-hydrogen) atoms. The number of aromatic hydroxyl groups is 1. The fourth-order valence-electron chi connectivity index (χ4n) is 2.49. The van der Waals surface area contributed by atoms with Crippen molar-refractivity contribution in [2.24, 2.45) is 0 Å². The molecule has 1 rings (SSSR count). The Morgan fingerprint density at radius 3 is 2.09 bits per heavy atom. The van der Waals surface area contributed by atoms with Crippen LogP contribution in [-0.4, -0.2) is 105 Å². The van der Waals surface area contributed by atoms with Crippen LogP contribution in [0.1, 0.15) is 5.56 Å². The Hall–Kier alpha value is -3.10. The Morgan fingerprint density at radius 2 is 1.53 bits per heavy atom. The molecule has 0 spiro atoms. The number of amides is 2. The predicted molar refractivity (Wildman–Crippen MR) is 107 cm³/mol. The van der Waals surface area contributed by atoms with Gasteiger partial charge in [0.2, 0.25) is 11.8 Å². The molecule has 0 heterocycles. The van der Waals surface area contributed by atoms with Gasteiger partial charge in [-0.1, -0.05) is 12.1 Å². The predicted octanol–water partition coefficient (Wildman–Crippen LogP) is -4.15. The van der Waals surface area contributed by atoms with Crippen molar-refractivity contribution >= 4 is 23.6 Å². The molecule has 0 saturated carbocycles. The van der Waals surface area contributed by atoms with Crippen molar-refractivity contribution in [1.29, 1.82) is 0 Å². The molecule has 0 aliphatic heterocycles. The van der Waals surface area contributed by atoms with E-state index in [0.717, 1.165) is 0 Å². The molecule has 0 bridgehead atoms. The first kappa shape index (κ1) is 26.9. The highest BCUT2D eigenvalue weighted by Crippen LogP contribution is 2.11. The number of aliphatic carboxylic acids is 1. The van der Waals surface area contributed by atoms with E-state index in [1.807, 2.05) is 0 Å². The van der Waals surface area contributed by atoms with Crippen LogP contribution in [0.2, 0.25) is 0 Å². The van der Waals surface area contributed by atoms with Gasteiger partial charge in [0.1, 0.15) is 30.6 Å². The van der Waals surface area contributed by atoms with Crippen molar-refractivity contribution in [2.75, 3.05) is 26.2 Å². The number of aliphatic hydroxyl groups is 4. The van der Waals surface area contributed by atoms with Crippen LogP contribution in [-0.2, 0) is 25.6 Å². The third kappa shape index (κ3) is 9.36. The monoisotopic (exact) mass is 457 g/mol. The molecule has 9 N–H and O–H groups in total. The van der Waals surface area contributed by atoms with Crippen molar-refractivity contribution < 1.29 is 49.8 Å². The SMILES string of the molecule is O=C(O)CNC(=O)CNC(=O)[C@H](Cc1ccc(O)cc1)NCC(=O)[C@@H](O)[C@H](O)[C@H](O)CO. The summed E-state index contributed by atoms with van der Waals surface area (Å²) in [4.78, 5) is 46.7. The summed E-state index contributed by atoms with van der Waals surface area (Å²) >= 11 is 0. The fraction of sp³-hybridized carbons (Fsp3) is 0.474. The molecule has 0 aromatic heterocycles. The van der Waals surface area contributed by atoms with Gasteiger partial charge in [-0.25, -0.2) is 0 Å². The molecule has 2 amide bonds. The summed E-state index contributed by atoms with van der Waals surface area (Å²) in [6.45, 7) is -2.64. The first-order chi connectivity index (χ1) is 15.0. The number of carbonyl (C=O) groups excluding carboxylic acids is 3. The molecule has 13 heteroatoms. The number of carbonyl (C=O) groups is 4. The zero-order valence-corrected chi connectivity index (χ0v) is 17.0. The van der Waals surface area contributed by atoms with Gasteiger partial charge >= 0.3 is 5.97 Å². The van der Waals surface area contributed by atoms with Crippen molar-refractivity contribution in [1.82, 2.24) is 16.0 Å². The second-order valence-electron chi connectivity index (χ2n) is 6.84. The van der Waals surface area contributed by atoms with Crippen LogP contribution in [0.15, 0.2) is 24.3 Å². The summed E-state index contributed by atoms with van der Waals surface area (Å²) in [6, 6.07) is 4.71. The van der Waals surface area contributed by atoms with E-state index in [2.05, 4.69) is 16.0 Å². The molecule has 1 aromatic carbocycles. The van der Waals surface area contributed by atoms with Gasteiger partial charge in [-0.15, -0.1) is 0 Å². The number of carboxylic acid groups (broad SMARTS) is 1. The van der Waals surface area contributed by atoms with Gasteiger partial charge in [-0.05, 0) is 24.1 Å².